The van der Waals surface area contributed by atoms with Crippen LogP contribution >= 0.6 is 0 Å². The molecule has 0 amide bonds. The van der Waals surface area contributed by atoms with E-state index in [0.717, 1.165) is 0 Å². The first-order valence-electron chi connectivity index (χ1n) is 1.91. The van der Waals surface area contributed by atoms with Crippen molar-refractivity contribution in [3.8, 4) is 0 Å². The van der Waals surface area contributed by atoms with Gasteiger partial charge >= 0.3 is 18.9 Å². The van der Waals surface area contributed by atoms with Gasteiger partial charge in [-0.25, -0.2) is 0 Å². The van der Waals surface area contributed by atoms with Gasteiger partial charge in [0.2, 0.25) is 0 Å². The first-order valence-corrected chi connectivity index (χ1v) is 1.91. The van der Waals surface area contributed by atoms with E-state index in [1.165, 1.54) is 0 Å². The molecule has 0 aromatic rings. The predicted octanol–water partition coefficient (Wildman–Crippen LogP) is -4.28. The van der Waals surface area contributed by atoms with Crippen molar-refractivity contribution in [2.24, 2.45) is 0 Å². The van der Waals surface area contributed by atoms with Crippen molar-refractivity contribution < 1.29 is 33.6 Å². The molecule has 3 nitrogen and oxygen atoms in total. The van der Waals surface area contributed by atoms with Crippen molar-refractivity contribution in [2.45, 2.75) is 12.8 Å². The average Bonchev–Trinajstić information content (AvgIpc) is 1.61. The Bertz CT molecular complexity index is 81.4. The molecular weight excluding hydrogens is 103 g/mol. The van der Waals surface area contributed by atoms with Crippen LogP contribution in [0.3, 0.4) is 0 Å². The molecule has 0 heterocycles. The molecule has 0 saturated heterocycles. The average molecular weight is 108 g/mol. The maximum absolute atomic E-state index is 9.49. The Kier molecular flexibility index (Phi) is 8.99. The third kappa shape index (κ3) is 9.22. The third-order valence-corrected chi connectivity index (χ3v) is 0.466. The fourth-order valence-corrected chi connectivity index (χ4v) is 0.177. The minimum Gasteiger partial charge on any atom is -0.550 e. The Labute approximate surface area is 59.2 Å². The molecule has 0 aromatic heterocycles. The van der Waals surface area contributed by atoms with Crippen LogP contribution in [0.25, 0.3) is 0 Å². The minimum atomic E-state index is -1.17. The summed E-state index contributed by atoms with van der Waals surface area (Å²) in [6, 6.07) is 0. The Morgan fingerprint density at radius 3 is 2.25 bits per heavy atom. The van der Waals surface area contributed by atoms with Gasteiger partial charge in [0.05, 0.1) is 0 Å². The fourth-order valence-electron chi connectivity index (χ4n) is 0.177. The van der Waals surface area contributed by atoms with E-state index in [2.05, 4.69) is 0 Å². The SMILES string of the molecule is O=CCCC(=O)[O-].[Li+]. The van der Waals surface area contributed by atoms with Gasteiger partial charge in [-0.05, 0) is 6.42 Å². The number of carbonyl (C=O) groups is 2. The quantitative estimate of drug-likeness (QED) is 0.271. The summed E-state index contributed by atoms with van der Waals surface area (Å²) in [7, 11) is 0. The number of aldehydes is 1. The number of hydrogen-bond donors (Lipinski definition) is 0. The zero-order chi connectivity index (χ0) is 5.70. The molecule has 0 fully saturated rings. The summed E-state index contributed by atoms with van der Waals surface area (Å²) in [4.78, 5) is 18.9. The van der Waals surface area contributed by atoms with E-state index >= 15 is 0 Å². The van der Waals surface area contributed by atoms with Gasteiger partial charge in [0.25, 0.3) is 0 Å². The van der Waals surface area contributed by atoms with Crippen LogP contribution in [0.5, 0.6) is 0 Å². The molecule has 0 bridgehead atoms. The van der Waals surface area contributed by atoms with Gasteiger partial charge in [0.1, 0.15) is 6.29 Å². The van der Waals surface area contributed by atoms with Crippen LogP contribution in [0.1, 0.15) is 12.8 Å². The van der Waals surface area contributed by atoms with Crippen molar-refractivity contribution in [1.82, 2.24) is 0 Å². The van der Waals surface area contributed by atoms with Gasteiger partial charge in [0, 0.05) is 12.4 Å². The standard InChI is InChI=1S/C4H6O3.Li/c5-3-1-2-4(6)7;/h3H,1-2H2,(H,6,7);/q;+1/p-1. The van der Waals surface area contributed by atoms with E-state index in [-0.39, 0.29) is 31.7 Å². The number of rotatable bonds is 3. The Balaban J connectivity index is 0. The van der Waals surface area contributed by atoms with Crippen molar-refractivity contribution in [3.05, 3.63) is 0 Å². The molecule has 0 aliphatic carbocycles. The van der Waals surface area contributed by atoms with Crippen LogP contribution in [0.4, 0.5) is 0 Å². The third-order valence-electron chi connectivity index (χ3n) is 0.466. The molecule has 0 atom stereocenters. The molecule has 40 valence electrons. The molecule has 0 radical (unpaired) electrons. The maximum atomic E-state index is 9.49. The van der Waals surface area contributed by atoms with E-state index < -0.39 is 5.97 Å². The maximum Gasteiger partial charge on any atom is 1.00 e. The van der Waals surface area contributed by atoms with Crippen molar-refractivity contribution >= 4 is 12.3 Å². The largest absolute Gasteiger partial charge is 1.00 e. The minimum absolute atomic E-state index is 0. The van der Waals surface area contributed by atoms with Crippen LogP contribution in [0, 0.1) is 0 Å². The molecule has 0 N–H and O–H groups in total. The zero-order valence-electron chi connectivity index (χ0n) is 4.72. The molecule has 0 unspecified atom stereocenters. The van der Waals surface area contributed by atoms with Crippen molar-refractivity contribution in [1.29, 1.82) is 0 Å². The molecule has 0 aromatic carbocycles. The van der Waals surface area contributed by atoms with E-state index in [0.29, 0.717) is 6.29 Å². The summed E-state index contributed by atoms with van der Waals surface area (Å²) in [5.41, 5.74) is 0. The Morgan fingerprint density at radius 2 is 2.12 bits per heavy atom. The first-order chi connectivity index (χ1) is 3.27. The van der Waals surface area contributed by atoms with Gasteiger partial charge in [-0.3, -0.25) is 0 Å². The van der Waals surface area contributed by atoms with E-state index in [1.807, 2.05) is 0 Å². The normalized spacial score (nSPS) is 7.00. The van der Waals surface area contributed by atoms with Crippen LogP contribution in [-0.2, 0) is 9.59 Å². The summed E-state index contributed by atoms with van der Waals surface area (Å²) >= 11 is 0. The van der Waals surface area contributed by atoms with Crippen LogP contribution in [-0.4, -0.2) is 12.3 Å². The molecule has 0 saturated carbocycles. The number of carboxylic acids is 1. The van der Waals surface area contributed by atoms with Gasteiger partial charge < -0.3 is 14.7 Å². The smallest absolute Gasteiger partial charge is 0.550 e. The van der Waals surface area contributed by atoms with Crippen LogP contribution in [0.2, 0.25) is 0 Å². The second kappa shape index (κ2) is 6.74. The van der Waals surface area contributed by atoms with E-state index in [4.69, 9.17) is 0 Å². The predicted molar refractivity (Wildman–Crippen MR) is 20.3 cm³/mol. The topological polar surface area (TPSA) is 57.2 Å². The van der Waals surface area contributed by atoms with Gasteiger partial charge in [0.15, 0.2) is 0 Å². The summed E-state index contributed by atoms with van der Waals surface area (Å²) < 4.78 is 0. The van der Waals surface area contributed by atoms with Gasteiger partial charge in [-0.1, -0.05) is 0 Å². The van der Waals surface area contributed by atoms with Crippen molar-refractivity contribution in [2.75, 3.05) is 0 Å². The van der Waals surface area contributed by atoms with E-state index in [1.54, 1.807) is 0 Å². The zero-order valence-corrected chi connectivity index (χ0v) is 4.72. The fraction of sp³-hybridized carbons (Fsp3) is 0.500. The number of hydrogen-bond acceptors (Lipinski definition) is 3. The molecule has 4 heteroatoms. The van der Waals surface area contributed by atoms with Crippen molar-refractivity contribution in [3.63, 3.8) is 0 Å². The monoisotopic (exact) mass is 108 g/mol. The number of carboxylic acid groups (broad SMARTS) is 1. The molecule has 0 spiro atoms. The molecule has 8 heavy (non-hydrogen) atoms. The van der Waals surface area contributed by atoms with Gasteiger partial charge in [-0.15, -0.1) is 0 Å². The van der Waals surface area contributed by atoms with Crippen LogP contribution in [0.15, 0.2) is 0 Å². The summed E-state index contributed by atoms with van der Waals surface area (Å²) in [5.74, 6) is -1.17. The second-order valence-corrected chi connectivity index (χ2v) is 1.08. The Morgan fingerprint density at radius 1 is 1.62 bits per heavy atom. The first kappa shape index (κ1) is 10.7. The summed E-state index contributed by atoms with van der Waals surface area (Å²) in [6.07, 6.45) is 0.446. The summed E-state index contributed by atoms with van der Waals surface area (Å²) in [6.45, 7) is 0. The molecule has 0 aliphatic rings. The Hall–Kier alpha value is -0.263. The molecular formula is C4H5LiO3. The summed E-state index contributed by atoms with van der Waals surface area (Å²) in [5, 5.41) is 9.49. The number of carbonyl (C=O) groups excluding carboxylic acids is 2. The molecule has 0 aliphatic heterocycles. The van der Waals surface area contributed by atoms with E-state index in [9.17, 15) is 14.7 Å². The van der Waals surface area contributed by atoms with Gasteiger partial charge in [-0.2, -0.15) is 0 Å². The number of aliphatic carboxylic acids is 1. The molecule has 0 rings (SSSR count). The van der Waals surface area contributed by atoms with Crippen LogP contribution < -0.4 is 24.0 Å². The second-order valence-electron chi connectivity index (χ2n) is 1.08.